The quantitative estimate of drug-likeness (QED) is 0.659. The van der Waals surface area contributed by atoms with Crippen molar-refractivity contribution in [1.29, 1.82) is 0 Å². The number of hydrogen-bond acceptors (Lipinski definition) is 4. The fourth-order valence-corrected chi connectivity index (χ4v) is 6.78. The Balaban J connectivity index is 1.26. The van der Waals surface area contributed by atoms with Crippen LogP contribution >= 0.6 is 0 Å². The molecule has 3 fully saturated rings. The number of likely N-dealkylation sites (tertiary alicyclic amines) is 1. The molecule has 194 valence electrons. The van der Waals surface area contributed by atoms with Crippen LogP contribution in [-0.4, -0.2) is 62.6 Å². The molecule has 2 aromatic rings. The minimum atomic E-state index is -0.705. The second kappa shape index (κ2) is 10.4. The third-order valence-electron chi connectivity index (χ3n) is 8.93. The van der Waals surface area contributed by atoms with E-state index in [-0.39, 0.29) is 17.9 Å². The third-order valence-corrected chi connectivity index (χ3v) is 8.93. The Morgan fingerprint density at radius 2 is 1.72 bits per heavy atom. The highest BCUT2D eigenvalue weighted by Gasteiger charge is 2.53. The highest BCUT2D eigenvalue weighted by Crippen LogP contribution is 2.36. The first kappa shape index (κ1) is 25.0. The van der Waals surface area contributed by atoms with E-state index in [2.05, 4.69) is 36.2 Å². The van der Waals surface area contributed by atoms with Gasteiger partial charge in [0.15, 0.2) is 0 Å². The van der Waals surface area contributed by atoms with Crippen molar-refractivity contribution < 1.29 is 9.59 Å². The Morgan fingerprint density at radius 3 is 2.39 bits per heavy atom. The van der Waals surface area contributed by atoms with Crippen molar-refractivity contribution in [3.8, 4) is 5.69 Å². The number of para-hydroxylation sites is 1. The Hall–Kier alpha value is -2.67. The van der Waals surface area contributed by atoms with Crippen LogP contribution in [0.1, 0.15) is 75.2 Å². The molecule has 36 heavy (non-hydrogen) atoms. The first-order valence-corrected chi connectivity index (χ1v) is 13.9. The van der Waals surface area contributed by atoms with Crippen LogP contribution in [0.3, 0.4) is 0 Å². The number of likely N-dealkylation sites (N-methyl/N-ethyl adjacent to an activating group) is 1. The highest BCUT2D eigenvalue weighted by atomic mass is 16.2. The molecule has 3 heterocycles. The molecule has 3 aliphatic rings. The van der Waals surface area contributed by atoms with Crippen molar-refractivity contribution in [2.75, 3.05) is 19.6 Å². The zero-order chi connectivity index (χ0) is 25.3. The van der Waals surface area contributed by atoms with Crippen LogP contribution in [0.4, 0.5) is 0 Å². The number of aryl methyl sites for hydroxylation is 1. The predicted octanol–water partition coefficient (Wildman–Crippen LogP) is 4.14. The van der Waals surface area contributed by atoms with Gasteiger partial charge in [0, 0.05) is 37.4 Å². The number of carbonyl (C=O) groups is 2. The van der Waals surface area contributed by atoms with E-state index in [1.807, 2.05) is 34.7 Å². The van der Waals surface area contributed by atoms with Crippen molar-refractivity contribution >= 4 is 11.8 Å². The molecule has 1 atom stereocenters. The number of nitrogens with one attached hydrogen (secondary N) is 1. The number of amides is 2. The lowest BCUT2D eigenvalue weighted by Gasteiger charge is -2.51. The smallest absolute Gasteiger partial charge is 0.246 e. The first-order chi connectivity index (χ1) is 17.4. The molecule has 1 unspecified atom stereocenters. The number of nitrogens with zero attached hydrogens (tertiary/aromatic N) is 4. The summed E-state index contributed by atoms with van der Waals surface area (Å²) in [5, 5.41) is 7.99. The molecule has 1 spiro atoms. The van der Waals surface area contributed by atoms with Gasteiger partial charge in [-0.2, -0.15) is 5.10 Å². The predicted molar refractivity (Wildman–Crippen MR) is 141 cm³/mol. The van der Waals surface area contributed by atoms with Crippen LogP contribution in [0.2, 0.25) is 0 Å². The topological polar surface area (TPSA) is 70.5 Å². The summed E-state index contributed by atoms with van der Waals surface area (Å²) in [7, 11) is 0. The Kier molecular flexibility index (Phi) is 7.20. The second-order valence-corrected chi connectivity index (χ2v) is 11.1. The highest BCUT2D eigenvalue weighted by molar-refractivity contribution is 6.00. The Morgan fingerprint density at radius 1 is 1.03 bits per heavy atom. The van der Waals surface area contributed by atoms with Gasteiger partial charge in [-0.1, -0.05) is 50.3 Å². The molecule has 5 rings (SSSR count). The molecule has 1 N–H and O–H groups in total. The molecule has 1 aromatic carbocycles. The van der Waals surface area contributed by atoms with Gasteiger partial charge >= 0.3 is 0 Å². The van der Waals surface area contributed by atoms with Gasteiger partial charge in [-0.15, -0.1) is 0 Å². The first-order valence-electron chi connectivity index (χ1n) is 13.9. The molecular formula is C29H41N5O2. The lowest BCUT2D eigenvalue weighted by molar-refractivity contribution is -0.161. The maximum atomic E-state index is 13.5. The summed E-state index contributed by atoms with van der Waals surface area (Å²) in [6, 6.07) is 9.89. The van der Waals surface area contributed by atoms with Crippen molar-refractivity contribution in [1.82, 2.24) is 24.9 Å². The van der Waals surface area contributed by atoms with Crippen LogP contribution in [0.25, 0.3) is 5.69 Å². The van der Waals surface area contributed by atoms with Crippen LogP contribution in [-0.2, 0) is 16.1 Å². The fourth-order valence-electron chi connectivity index (χ4n) is 6.78. The lowest BCUT2D eigenvalue weighted by atomic mass is 9.79. The SMILES string of the molecule is CCN1C(=O)C(CC2CCCCC2)NC(=O)C12CCN(Cc1c(C)nn(-c3ccccc3)c1C)CC2. The van der Waals surface area contributed by atoms with Gasteiger partial charge in [0.2, 0.25) is 11.8 Å². The zero-order valence-corrected chi connectivity index (χ0v) is 22.1. The van der Waals surface area contributed by atoms with Gasteiger partial charge in [-0.05, 0) is 58.1 Å². The van der Waals surface area contributed by atoms with E-state index in [0.29, 0.717) is 25.3 Å². The molecule has 2 amide bonds. The number of benzene rings is 1. The van der Waals surface area contributed by atoms with Gasteiger partial charge in [0.05, 0.1) is 11.4 Å². The van der Waals surface area contributed by atoms with Gasteiger partial charge in [-0.25, -0.2) is 4.68 Å². The van der Waals surface area contributed by atoms with E-state index in [1.165, 1.54) is 37.7 Å². The molecule has 0 radical (unpaired) electrons. The van der Waals surface area contributed by atoms with Crippen LogP contribution in [0.15, 0.2) is 30.3 Å². The molecule has 0 bridgehead atoms. The average Bonchev–Trinajstić information content (AvgIpc) is 3.18. The zero-order valence-electron chi connectivity index (χ0n) is 22.1. The maximum absolute atomic E-state index is 13.5. The summed E-state index contributed by atoms with van der Waals surface area (Å²) in [6.07, 6.45) is 8.33. The number of aromatic nitrogens is 2. The van der Waals surface area contributed by atoms with E-state index in [1.54, 1.807) is 0 Å². The van der Waals surface area contributed by atoms with Crippen molar-refractivity contribution in [3.05, 3.63) is 47.3 Å². The van der Waals surface area contributed by atoms with E-state index >= 15 is 0 Å². The normalized spacial score (nSPS) is 23.3. The number of carbonyl (C=O) groups excluding carboxylic acids is 2. The Bertz CT molecular complexity index is 1080. The molecular weight excluding hydrogens is 450 g/mol. The summed E-state index contributed by atoms with van der Waals surface area (Å²) in [5.41, 5.74) is 3.82. The summed E-state index contributed by atoms with van der Waals surface area (Å²) in [6.45, 7) is 9.22. The van der Waals surface area contributed by atoms with Gasteiger partial charge in [0.1, 0.15) is 11.6 Å². The number of piperazine rings is 1. The molecule has 1 aromatic heterocycles. The van der Waals surface area contributed by atoms with Gasteiger partial charge in [0.25, 0.3) is 0 Å². The molecule has 7 nitrogen and oxygen atoms in total. The van der Waals surface area contributed by atoms with Crippen LogP contribution in [0.5, 0.6) is 0 Å². The average molecular weight is 492 g/mol. The van der Waals surface area contributed by atoms with Gasteiger partial charge < -0.3 is 10.2 Å². The number of rotatable bonds is 6. The van der Waals surface area contributed by atoms with Crippen LogP contribution < -0.4 is 5.32 Å². The van der Waals surface area contributed by atoms with E-state index in [4.69, 9.17) is 5.10 Å². The summed E-state index contributed by atoms with van der Waals surface area (Å²) < 4.78 is 2.02. The van der Waals surface area contributed by atoms with Crippen molar-refractivity contribution in [2.24, 2.45) is 5.92 Å². The molecule has 7 heteroatoms. The van der Waals surface area contributed by atoms with E-state index in [0.717, 1.165) is 43.1 Å². The lowest BCUT2D eigenvalue weighted by Crippen LogP contribution is -2.72. The van der Waals surface area contributed by atoms with Gasteiger partial charge in [-0.3, -0.25) is 14.5 Å². The number of hydrogen-bond donors (Lipinski definition) is 1. The largest absolute Gasteiger partial charge is 0.342 e. The molecule has 1 saturated carbocycles. The maximum Gasteiger partial charge on any atom is 0.246 e. The van der Waals surface area contributed by atoms with Crippen molar-refractivity contribution in [2.45, 2.75) is 90.3 Å². The molecule has 2 aliphatic heterocycles. The number of piperidine rings is 1. The van der Waals surface area contributed by atoms with E-state index < -0.39 is 5.54 Å². The van der Waals surface area contributed by atoms with Crippen LogP contribution in [0, 0.1) is 19.8 Å². The summed E-state index contributed by atoms with van der Waals surface area (Å²) in [4.78, 5) is 31.4. The minimum Gasteiger partial charge on any atom is -0.342 e. The summed E-state index contributed by atoms with van der Waals surface area (Å²) in [5.74, 6) is 0.756. The monoisotopic (exact) mass is 491 g/mol. The third kappa shape index (κ3) is 4.58. The molecule has 2 saturated heterocycles. The molecule has 1 aliphatic carbocycles. The minimum absolute atomic E-state index is 0.0636. The fraction of sp³-hybridized carbons (Fsp3) is 0.621. The van der Waals surface area contributed by atoms with Crippen molar-refractivity contribution in [3.63, 3.8) is 0 Å². The summed E-state index contributed by atoms with van der Waals surface area (Å²) >= 11 is 0. The standard InChI is InChI=1S/C29H41N5O2/c1-4-33-27(35)26(19-23-11-7-5-8-12-23)30-28(36)29(33)15-17-32(18-16-29)20-25-21(2)31-34(22(25)3)24-13-9-6-10-14-24/h6,9-10,13-14,23,26H,4-5,7-8,11-12,15-20H2,1-3H3,(H,30,36). The second-order valence-electron chi connectivity index (χ2n) is 11.1. The van der Waals surface area contributed by atoms with E-state index in [9.17, 15) is 9.59 Å². The Labute approximate surface area is 215 Å².